The van der Waals surface area contributed by atoms with E-state index in [0.29, 0.717) is 0 Å². The topological polar surface area (TPSA) is 0 Å². The molecular formula is C24H16F2S. The summed E-state index contributed by atoms with van der Waals surface area (Å²) < 4.78 is 26.6. The predicted molar refractivity (Wildman–Crippen MR) is 108 cm³/mol. The van der Waals surface area contributed by atoms with Gasteiger partial charge in [-0.3, -0.25) is 0 Å². The highest BCUT2D eigenvalue weighted by Crippen LogP contribution is 2.40. The fraction of sp³-hybridized carbons (Fsp3) is 0. The van der Waals surface area contributed by atoms with Crippen molar-refractivity contribution >= 4 is 11.8 Å². The number of hydrogen-bond acceptors (Lipinski definition) is 1. The predicted octanol–water partition coefficient (Wildman–Crippen LogP) is 7.45. The van der Waals surface area contributed by atoms with Crippen molar-refractivity contribution in [3.63, 3.8) is 0 Å². The molecule has 132 valence electrons. The van der Waals surface area contributed by atoms with E-state index < -0.39 is 0 Å². The summed E-state index contributed by atoms with van der Waals surface area (Å²) in [5, 5.41) is 0. The van der Waals surface area contributed by atoms with Gasteiger partial charge >= 0.3 is 0 Å². The molecular weight excluding hydrogens is 358 g/mol. The summed E-state index contributed by atoms with van der Waals surface area (Å²) in [6, 6.07) is 29.2. The van der Waals surface area contributed by atoms with Crippen molar-refractivity contribution in [1.29, 1.82) is 0 Å². The summed E-state index contributed by atoms with van der Waals surface area (Å²) in [5.41, 5.74) is 4.05. The van der Waals surface area contributed by atoms with Gasteiger partial charge in [0, 0.05) is 9.79 Å². The second-order valence-corrected chi connectivity index (χ2v) is 7.19. The van der Waals surface area contributed by atoms with Crippen LogP contribution in [0, 0.1) is 11.6 Å². The van der Waals surface area contributed by atoms with Gasteiger partial charge in [-0.1, -0.05) is 72.4 Å². The Labute approximate surface area is 161 Å². The van der Waals surface area contributed by atoms with Crippen LogP contribution in [0.1, 0.15) is 0 Å². The molecule has 0 unspecified atom stereocenters. The molecule has 0 saturated heterocycles. The van der Waals surface area contributed by atoms with Crippen molar-refractivity contribution in [2.75, 3.05) is 0 Å². The Morgan fingerprint density at radius 3 is 1.22 bits per heavy atom. The van der Waals surface area contributed by atoms with Gasteiger partial charge in [0.1, 0.15) is 11.6 Å². The third-order valence-electron chi connectivity index (χ3n) is 4.30. The molecule has 27 heavy (non-hydrogen) atoms. The Hall–Kier alpha value is -2.91. The van der Waals surface area contributed by atoms with Crippen molar-refractivity contribution < 1.29 is 8.78 Å². The van der Waals surface area contributed by atoms with E-state index in [1.54, 1.807) is 36.0 Å². The van der Waals surface area contributed by atoms with E-state index in [-0.39, 0.29) is 11.6 Å². The van der Waals surface area contributed by atoms with Crippen molar-refractivity contribution in [2.45, 2.75) is 9.79 Å². The van der Waals surface area contributed by atoms with Gasteiger partial charge in [0.25, 0.3) is 0 Å². The maximum Gasteiger partial charge on any atom is 0.123 e. The van der Waals surface area contributed by atoms with E-state index in [2.05, 4.69) is 12.1 Å². The number of halogens is 2. The molecule has 0 heterocycles. The lowest BCUT2D eigenvalue weighted by molar-refractivity contribution is 0.627. The van der Waals surface area contributed by atoms with Crippen LogP contribution in [0.3, 0.4) is 0 Å². The van der Waals surface area contributed by atoms with Crippen LogP contribution in [0.4, 0.5) is 8.78 Å². The fourth-order valence-electron chi connectivity index (χ4n) is 2.97. The summed E-state index contributed by atoms with van der Waals surface area (Å²) in [6.45, 7) is 0. The lowest BCUT2D eigenvalue weighted by atomic mass is 10.1. The van der Waals surface area contributed by atoms with Gasteiger partial charge in [-0.05, 0) is 58.7 Å². The molecule has 0 nitrogen and oxygen atoms in total. The molecule has 3 heteroatoms. The summed E-state index contributed by atoms with van der Waals surface area (Å²) in [6.07, 6.45) is 0. The molecule has 0 aliphatic carbocycles. The molecule has 0 N–H and O–H groups in total. The van der Waals surface area contributed by atoms with Gasteiger partial charge in [-0.25, -0.2) is 8.78 Å². The van der Waals surface area contributed by atoms with Crippen LogP contribution in [0.25, 0.3) is 22.3 Å². The second kappa shape index (κ2) is 7.77. The van der Waals surface area contributed by atoms with Gasteiger partial charge in [0.05, 0.1) is 0 Å². The molecule has 0 radical (unpaired) electrons. The van der Waals surface area contributed by atoms with Crippen LogP contribution < -0.4 is 0 Å². The van der Waals surface area contributed by atoms with Crippen LogP contribution in [0.2, 0.25) is 0 Å². The van der Waals surface area contributed by atoms with E-state index in [9.17, 15) is 8.78 Å². The highest BCUT2D eigenvalue weighted by molar-refractivity contribution is 7.99. The Balaban J connectivity index is 1.74. The van der Waals surface area contributed by atoms with Gasteiger partial charge in [0.15, 0.2) is 0 Å². The second-order valence-electron chi connectivity index (χ2n) is 6.11. The van der Waals surface area contributed by atoms with E-state index in [4.69, 9.17) is 0 Å². The van der Waals surface area contributed by atoms with Gasteiger partial charge in [0.2, 0.25) is 0 Å². The fourth-order valence-corrected chi connectivity index (χ4v) is 4.09. The molecule has 0 saturated carbocycles. The van der Waals surface area contributed by atoms with Crippen LogP contribution in [-0.4, -0.2) is 0 Å². The largest absolute Gasteiger partial charge is 0.207 e. The monoisotopic (exact) mass is 374 g/mol. The first-order valence-electron chi connectivity index (χ1n) is 8.58. The quantitative estimate of drug-likeness (QED) is 0.357. The highest BCUT2D eigenvalue weighted by atomic mass is 32.2. The third kappa shape index (κ3) is 3.93. The maximum atomic E-state index is 13.3. The van der Waals surface area contributed by atoms with E-state index >= 15 is 0 Å². The molecule has 0 amide bonds. The smallest absolute Gasteiger partial charge is 0.123 e. The minimum Gasteiger partial charge on any atom is -0.207 e. The van der Waals surface area contributed by atoms with Crippen LogP contribution >= 0.6 is 11.8 Å². The summed E-state index contributed by atoms with van der Waals surface area (Å²) in [4.78, 5) is 2.16. The average Bonchev–Trinajstić information content (AvgIpc) is 2.70. The van der Waals surface area contributed by atoms with Gasteiger partial charge in [-0.15, -0.1) is 0 Å². The van der Waals surface area contributed by atoms with Crippen molar-refractivity contribution in [3.05, 3.63) is 109 Å². The zero-order valence-electron chi connectivity index (χ0n) is 14.4. The first-order chi connectivity index (χ1) is 13.2. The molecule has 4 aromatic rings. The minimum atomic E-state index is -0.245. The minimum absolute atomic E-state index is 0.245. The number of rotatable bonds is 4. The van der Waals surface area contributed by atoms with Crippen molar-refractivity contribution in [3.8, 4) is 22.3 Å². The Kier molecular flexibility index (Phi) is 5.03. The molecule has 0 atom stereocenters. The first-order valence-corrected chi connectivity index (χ1v) is 9.40. The van der Waals surface area contributed by atoms with Gasteiger partial charge < -0.3 is 0 Å². The summed E-state index contributed by atoms with van der Waals surface area (Å²) in [5.74, 6) is -0.490. The van der Waals surface area contributed by atoms with Crippen LogP contribution in [-0.2, 0) is 0 Å². The summed E-state index contributed by atoms with van der Waals surface area (Å²) >= 11 is 1.65. The van der Waals surface area contributed by atoms with Crippen molar-refractivity contribution in [1.82, 2.24) is 0 Å². The zero-order chi connectivity index (χ0) is 18.6. The van der Waals surface area contributed by atoms with Gasteiger partial charge in [-0.2, -0.15) is 0 Å². The van der Waals surface area contributed by atoms with Crippen LogP contribution in [0.5, 0.6) is 0 Å². The lowest BCUT2D eigenvalue weighted by Crippen LogP contribution is -1.86. The molecule has 0 spiro atoms. The highest BCUT2D eigenvalue weighted by Gasteiger charge is 2.10. The number of benzene rings is 4. The Morgan fingerprint density at radius 1 is 0.444 bits per heavy atom. The molecule has 0 aliphatic rings. The Morgan fingerprint density at radius 2 is 0.815 bits per heavy atom. The maximum absolute atomic E-state index is 13.3. The molecule has 0 fully saturated rings. The third-order valence-corrected chi connectivity index (χ3v) is 5.46. The molecule has 4 aromatic carbocycles. The molecule has 0 aliphatic heterocycles. The normalized spacial score (nSPS) is 10.7. The standard InChI is InChI=1S/C24H16F2S/c25-19-13-9-17(10-14-19)21-5-1-3-7-23(21)27-24-8-4-2-6-22(24)18-11-15-20(26)16-12-18/h1-16H. The summed E-state index contributed by atoms with van der Waals surface area (Å²) in [7, 11) is 0. The van der Waals surface area contributed by atoms with E-state index in [1.165, 1.54) is 24.3 Å². The molecule has 4 rings (SSSR count). The SMILES string of the molecule is Fc1ccc(-c2ccccc2Sc2ccccc2-c2ccc(F)cc2)cc1. The van der Waals surface area contributed by atoms with E-state index in [0.717, 1.165) is 32.0 Å². The molecule has 0 aromatic heterocycles. The first kappa shape index (κ1) is 17.5. The molecule has 0 bridgehead atoms. The average molecular weight is 374 g/mol. The Bertz CT molecular complexity index is 967. The zero-order valence-corrected chi connectivity index (χ0v) is 15.2. The van der Waals surface area contributed by atoms with E-state index in [1.807, 2.05) is 36.4 Å². The lowest BCUT2D eigenvalue weighted by Gasteiger charge is -2.13. The van der Waals surface area contributed by atoms with Crippen molar-refractivity contribution in [2.24, 2.45) is 0 Å². The number of hydrogen-bond donors (Lipinski definition) is 0. The van der Waals surface area contributed by atoms with Crippen LogP contribution in [0.15, 0.2) is 107 Å².